The van der Waals surface area contributed by atoms with Crippen LogP contribution in [0.15, 0.2) is 64.2 Å². The van der Waals surface area contributed by atoms with Crippen molar-refractivity contribution in [2.24, 2.45) is 28.8 Å². The Labute approximate surface area is 192 Å². The minimum atomic E-state index is -0.970. The van der Waals surface area contributed by atoms with Crippen molar-refractivity contribution in [3.63, 3.8) is 0 Å². The van der Waals surface area contributed by atoms with Crippen molar-refractivity contribution in [3.8, 4) is 5.75 Å². The average Bonchev–Trinajstić information content (AvgIpc) is 3.46. The Morgan fingerprint density at radius 1 is 1.09 bits per heavy atom. The number of allylic oxidation sites excluding steroid dienone is 2. The quantitative estimate of drug-likeness (QED) is 0.373. The van der Waals surface area contributed by atoms with E-state index in [0.717, 1.165) is 17.0 Å². The summed E-state index contributed by atoms with van der Waals surface area (Å²) in [7, 11) is 0. The first-order chi connectivity index (χ1) is 15.4. The highest BCUT2D eigenvalue weighted by Gasteiger charge is 2.59. The fourth-order valence-electron chi connectivity index (χ4n) is 4.74. The van der Waals surface area contributed by atoms with Gasteiger partial charge in [0.15, 0.2) is 0 Å². The summed E-state index contributed by atoms with van der Waals surface area (Å²) >= 11 is 3.47. The lowest BCUT2D eigenvalue weighted by Crippen LogP contribution is -2.28. The van der Waals surface area contributed by atoms with E-state index in [4.69, 9.17) is 9.84 Å². The molecule has 2 aliphatic carbocycles. The third kappa shape index (κ3) is 3.54. The van der Waals surface area contributed by atoms with Crippen molar-refractivity contribution >= 4 is 39.9 Å². The van der Waals surface area contributed by atoms with Crippen LogP contribution in [0.25, 0.3) is 0 Å². The Kier molecular flexibility index (Phi) is 5.17. The van der Waals surface area contributed by atoms with Gasteiger partial charge in [-0.05, 0) is 75.6 Å². The smallest absolute Gasteiger partial charge is 0.335 e. The van der Waals surface area contributed by atoms with Crippen LogP contribution in [0.1, 0.15) is 27.9 Å². The predicted molar refractivity (Wildman–Crippen MR) is 119 cm³/mol. The Morgan fingerprint density at radius 2 is 1.75 bits per heavy atom. The molecule has 2 bridgehead atoms. The third-order valence-electron chi connectivity index (χ3n) is 6.32. The molecule has 4 atom stereocenters. The van der Waals surface area contributed by atoms with Crippen molar-refractivity contribution in [2.45, 2.75) is 13.0 Å². The van der Waals surface area contributed by atoms with E-state index in [0.29, 0.717) is 15.8 Å². The van der Waals surface area contributed by atoms with Gasteiger partial charge < -0.3 is 9.84 Å². The van der Waals surface area contributed by atoms with Gasteiger partial charge in [-0.25, -0.2) is 4.79 Å². The highest BCUT2D eigenvalue weighted by Crippen LogP contribution is 2.52. The predicted octanol–water partition coefficient (Wildman–Crippen LogP) is 3.87. The van der Waals surface area contributed by atoms with Crippen molar-refractivity contribution in [2.75, 3.05) is 0 Å². The molecule has 5 rings (SSSR count). The molecule has 2 fully saturated rings. The normalized spacial score (nSPS) is 25.7. The molecule has 32 heavy (non-hydrogen) atoms. The van der Waals surface area contributed by atoms with Crippen LogP contribution < -0.4 is 4.74 Å². The maximum Gasteiger partial charge on any atom is 0.335 e. The molecular weight excluding hydrogens is 476 g/mol. The largest absolute Gasteiger partial charge is 0.488 e. The first-order valence-electron chi connectivity index (χ1n) is 10.3. The molecule has 0 spiro atoms. The number of nitrogens with zero attached hydrogens (tertiary/aromatic N) is 2. The number of hydrogen-bond donors (Lipinski definition) is 1. The molecule has 8 heteroatoms. The summed E-state index contributed by atoms with van der Waals surface area (Å²) in [6.45, 7) is 0.280. The second-order valence-corrected chi connectivity index (χ2v) is 9.07. The number of aromatic carboxylic acids is 1. The molecule has 1 heterocycles. The van der Waals surface area contributed by atoms with Crippen LogP contribution in [0.3, 0.4) is 0 Å². The summed E-state index contributed by atoms with van der Waals surface area (Å²) in [5, 5.41) is 14.2. The summed E-state index contributed by atoms with van der Waals surface area (Å²) in [4.78, 5) is 36.3. The summed E-state index contributed by atoms with van der Waals surface area (Å²) in [6, 6.07) is 11.8. The molecule has 1 saturated heterocycles. The van der Waals surface area contributed by atoms with E-state index in [1.807, 2.05) is 0 Å². The SMILES string of the molecule is O=C(O)c1ccc(COc2ccc(C=NN3C(=O)[C@@H]4[C@H](C3=O)[C@H]3C=C[C@H]4C3)cc2Br)cc1. The third-order valence-corrected chi connectivity index (χ3v) is 6.94. The number of rotatable bonds is 6. The minimum Gasteiger partial charge on any atom is -0.488 e. The lowest BCUT2D eigenvalue weighted by atomic mass is 9.85. The lowest BCUT2D eigenvalue weighted by molar-refractivity contribution is -0.140. The molecule has 1 N–H and O–H groups in total. The number of ether oxygens (including phenoxy) is 1. The zero-order chi connectivity index (χ0) is 22.4. The molecule has 2 amide bonds. The summed E-state index contributed by atoms with van der Waals surface area (Å²) < 4.78 is 6.50. The number of carbonyl (C=O) groups is 3. The zero-order valence-electron chi connectivity index (χ0n) is 16.8. The minimum absolute atomic E-state index is 0.160. The van der Waals surface area contributed by atoms with Crippen molar-refractivity contribution < 1.29 is 24.2 Å². The van der Waals surface area contributed by atoms with Crippen LogP contribution in [-0.2, 0) is 16.2 Å². The van der Waals surface area contributed by atoms with Gasteiger partial charge in [0.25, 0.3) is 11.8 Å². The Balaban J connectivity index is 1.24. The maximum absolute atomic E-state index is 12.7. The van der Waals surface area contributed by atoms with Crippen LogP contribution in [-0.4, -0.2) is 34.1 Å². The molecule has 2 aromatic carbocycles. The molecule has 3 aliphatic rings. The van der Waals surface area contributed by atoms with Gasteiger partial charge in [-0.15, -0.1) is 0 Å². The Morgan fingerprint density at radius 3 is 2.34 bits per heavy atom. The van der Waals surface area contributed by atoms with Crippen LogP contribution >= 0.6 is 15.9 Å². The Hall–Kier alpha value is -3.26. The highest BCUT2D eigenvalue weighted by molar-refractivity contribution is 9.10. The topological polar surface area (TPSA) is 96.3 Å². The van der Waals surface area contributed by atoms with E-state index >= 15 is 0 Å². The highest BCUT2D eigenvalue weighted by atomic mass is 79.9. The molecular formula is C24H19BrN2O5. The van der Waals surface area contributed by atoms with Gasteiger partial charge in [0, 0.05) is 0 Å². The second-order valence-electron chi connectivity index (χ2n) is 8.21. The number of hydrogen-bond acceptors (Lipinski definition) is 5. The number of amides is 2. The number of imide groups is 1. The second kappa shape index (κ2) is 8.02. The van der Waals surface area contributed by atoms with Gasteiger partial charge in [-0.1, -0.05) is 24.3 Å². The number of hydrazone groups is 1. The van der Waals surface area contributed by atoms with Gasteiger partial charge in [0.2, 0.25) is 0 Å². The molecule has 0 aromatic heterocycles. The van der Waals surface area contributed by atoms with E-state index in [2.05, 4.69) is 33.2 Å². The van der Waals surface area contributed by atoms with Crippen molar-refractivity contribution in [3.05, 3.63) is 75.8 Å². The van der Waals surface area contributed by atoms with Gasteiger partial charge in [-0.3, -0.25) is 9.59 Å². The molecule has 1 saturated carbocycles. The van der Waals surface area contributed by atoms with E-state index in [1.54, 1.807) is 30.3 Å². The van der Waals surface area contributed by atoms with E-state index < -0.39 is 5.97 Å². The van der Waals surface area contributed by atoms with E-state index in [9.17, 15) is 14.4 Å². The van der Waals surface area contributed by atoms with E-state index in [-0.39, 0.29) is 47.7 Å². The van der Waals surface area contributed by atoms with Gasteiger partial charge in [0.05, 0.1) is 28.1 Å². The fraction of sp³-hybridized carbons (Fsp3) is 0.250. The van der Waals surface area contributed by atoms with E-state index in [1.165, 1.54) is 18.3 Å². The van der Waals surface area contributed by atoms with Gasteiger partial charge in [0.1, 0.15) is 12.4 Å². The fourth-order valence-corrected chi connectivity index (χ4v) is 5.25. The molecule has 1 aliphatic heterocycles. The number of carboxylic acid groups (broad SMARTS) is 1. The van der Waals surface area contributed by atoms with Gasteiger partial charge >= 0.3 is 5.97 Å². The molecule has 0 radical (unpaired) electrons. The van der Waals surface area contributed by atoms with Crippen LogP contribution in [0.4, 0.5) is 0 Å². The van der Waals surface area contributed by atoms with Crippen LogP contribution in [0, 0.1) is 23.7 Å². The first-order valence-corrected chi connectivity index (χ1v) is 11.1. The Bertz CT molecular complexity index is 1140. The van der Waals surface area contributed by atoms with Crippen molar-refractivity contribution in [1.29, 1.82) is 0 Å². The van der Waals surface area contributed by atoms with Gasteiger partial charge in [-0.2, -0.15) is 10.1 Å². The standard InChI is InChI=1S/C24H19BrN2O5/c25-18-9-14(3-8-19(18)32-12-13-1-4-15(5-2-13)24(30)31)11-26-27-22(28)20-16-6-7-17(10-16)21(20)23(27)29/h1-9,11,16-17,20-21H,10,12H2,(H,30,31)/t16-,17-,20-,21+/m0/s1. The maximum atomic E-state index is 12.7. The average molecular weight is 495 g/mol. The summed E-state index contributed by atoms with van der Waals surface area (Å²) in [5.41, 5.74) is 1.78. The molecule has 0 unspecified atom stereocenters. The number of benzene rings is 2. The monoisotopic (exact) mass is 494 g/mol. The molecule has 2 aromatic rings. The van der Waals surface area contributed by atoms with Crippen LogP contribution in [0.2, 0.25) is 0 Å². The first kappa shape index (κ1) is 20.6. The number of carbonyl (C=O) groups excluding carboxylic acids is 2. The van der Waals surface area contributed by atoms with Crippen molar-refractivity contribution in [1.82, 2.24) is 5.01 Å². The number of halogens is 1. The number of fused-ring (bicyclic) bond motifs is 5. The zero-order valence-corrected chi connectivity index (χ0v) is 18.4. The molecule has 7 nitrogen and oxygen atoms in total. The van der Waals surface area contributed by atoms with Crippen LogP contribution in [0.5, 0.6) is 5.75 Å². The summed E-state index contributed by atoms with van der Waals surface area (Å²) in [6.07, 6.45) is 6.51. The lowest BCUT2D eigenvalue weighted by Gasteiger charge is -2.13. The summed E-state index contributed by atoms with van der Waals surface area (Å²) in [5.74, 6) is -0.984. The molecule has 162 valence electrons. The number of carboxylic acids is 1.